The molecule has 5 nitrogen and oxygen atoms in total. The molecule has 0 unspecified atom stereocenters. The first-order chi connectivity index (χ1) is 9.69. The molecule has 0 aliphatic heterocycles. The molecule has 1 aromatic carbocycles. The van der Waals surface area contributed by atoms with E-state index in [2.05, 4.69) is 58.7 Å². The minimum Gasteiger partial charge on any atom is -0.353 e. The summed E-state index contributed by atoms with van der Waals surface area (Å²) in [5.74, 6) is 1.26. The van der Waals surface area contributed by atoms with Crippen LogP contribution in [0.5, 0.6) is 0 Å². The number of benzene rings is 1. The van der Waals surface area contributed by atoms with Gasteiger partial charge in [0.1, 0.15) is 0 Å². The first-order valence-electron chi connectivity index (χ1n) is 6.97. The molecule has 5 heteroatoms. The van der Waals surface area contributed by atoms with Crippen molar-refractivity contribution in [1.29, 1.82) is 0 Å². The molecule has 1 heterocycles. The number of unbranched alkanes of at least 4 members (excludes halogenated alkanes) is 1. The summed E-state index contributed by atoms with van der Waals surface area (Å²) in [6.45, 7) is 7.21. The van der Waals surface area contributed by atoms with Gasteiger partial charge in [-0.25, -0.2) is 0 Å². The lowest BCUT2D eigenvalue weighted by Crippen LogP contribution is -2.07. The van der Waals surface area contributed by atoms with E-state index in [9.17, 15) is 0 Å². The number of hydrogen-bond donors (Lipinski definition) is 2. The maximum Gasteiger partial charge on any atom is 0.244 e. The molecule has 2 aromatic rings. The quantitative estimate of drug-likeness (QED) is 0.788. The van der Waals surface area contributed by atoms with Crippen LogP contribution in [0, 0.1) is 13.8 Å². The molecule has 0 aliphatic rings. The van der Waals surface area contributed by atoms with Gasteiger partial charge in [-0.15, -0.1) is 5.10 Å². The van der Waals surface area contributed by atoms with Crippen LogP contribution in [0.4, 0.5) is 17.5 Å². The van der Waals surface area contributed by atoms with Gasteiger partial charge in [0.25, 0.3) is 0 Å². The van der Waals surface area contributed by atoms with Gasteiger partial charge in [-0.2, -0.15) is 10.1 Å². The molecular weight excluding hydrogens is 250 g/mol. The first kappa shape index (κ1) is 14.2. The predicted molar refractivity (Wildman–Crippen MR) is 82.4 cm³/mol. The Balaban J connectivity index is 2.05. The third kappa shape index (κ3) is 3.91. The summed E-state index contributed by atoms with van der Waals surface area (Å²) in [5.41, 5.74) is 3.53. The van der Waals surface area contributed by atoms with Crippen molar-refractivity contribution in [2.75, 3.05) is 17.2 Å². The molecule has 0 fully saturated rings. The SMILES string of the molecule is CCCCNc1nncc(Nc2ccc(C)c(C)c2)n1. The number of nitrogens with one attached hydrogen (secondary N) is 2. The summed E-state index contributed by atoms with van der Waals surface area (Å²) < 4.78 is 0. The molecule has 0 bridgehead atoms. The highest BCUT2D eigenvalue weighted by molar-refractivity contribution is 5.57. The van der Waals surface area contributed by atoms with Crippen molar-refractivity contribution in [2.24, 2.45) is 0 Å². The van der Waals surface area contributed by atoms with Crippen molar-refractivity contribution in [2.45, 2.75) is 33.6 Å². The number of anilines is 3. The Labute approximate surface area is 119 Å². The van der Waals surface area contributed by atoms with Crippen molar-refractivity contribution >= 4 is 17.5 Å². The van der Waals surface area contributed by atoms with E-state index >= 15 is 0 Å². The second kappa shape index (κ2) is 6.84. The number of nitrogens with zero attached hydrogens (tertiary/aromatic N) is 3. The Hall–Kier alpha value is -2.17. The molecule has 1 aromatic heterocycles. The van der Waals surface area contributed by atoms with Gasteiger partial charge in [0.15, 0.2) is 5.82 Å². The Morgan fingerprint density at radius 1 is 1.15 bits per heavy atom. The molecule has 0 saturated carbocycles. The van der Waals surface area contributed by atoms with Gasteiger partial charge >= 0.3 is 0 Å². The first-order valence-corrected chi connectivity index (χ1v) is 6.97. The van der Waals surface area contributed by atoms with Gasteiger partial charge in [0.2, 0.25) is 5.95 Å². The van der Waals surface area contributed by atoms with E-state index in [4.69, 9.17) is 0 Å². The number of aryl methyl sites for hydroxylation is 2. The fourth-order valence-corrected chi connectivity index (χ4v) is 1.78. The van der Waals surface area contributed by atoms with E-state index in [1.165, 1.54) is 11.1 Å². The highest BCUT2D eigenvalue weighted by Gasteiger charge is 2.02. The van der Waals surface area contributed by atoms with Crippen LogP contribution < -0.4 is 10.6 Å². The lowest BCUT2D eigenvalue weighted by molar-refractivity contribution is 0.819. The molecule has 0 amide bonds. The molecule has 0 radical (unpaired) electrons. The summed E-state index contributed by atoms with van der Waals surface area (Å²) in [6.07, 6.45) is 3.86. The molecule has 0 spiro atoms. The largest absolute Gasteiger partial charge is 0.353 e. The average Bonchev–Trinajstić information content (AvgIpc) is 2.44. The van der Waals surface area contributed by atoms with Crippen molar-refractivity contribution in [3.05, 3.63) is 35.5 Å². The predicted octanol–water partition coefficient (Wildman–Crippen LogP) is 3.44. The van der Waals surface area contributed by atoms with Gasteiger partial charge < -0.3 is 10.6 Å². The third-order valence-electron chi connectivity index (χ3n) is 3.15. The van der Waals surface area contributed by atoms with Crippen LogP contribution in [-0.4, -0.2) is 21.7 Å². The molecule has 106 valence electrons. The van der Waals surface area contributed by atoms with Crippen molar-refractivity contribution in [3.63, 3.8) is 0 Å². The summed E-state index contributed by atoms with van der Waals surface area (Å²) in [6, 6.07) is 6.23. The number of hydrogen-bond acceptors (Lipinski definition) is 5. The Morgan fingerprint density at radius 3 is 2.75 bits per heavy atom. The van der Waals surface area contributed by atoms with Crippen LogP contribution in [0.25, 0.3) is 0 Å². The normalized spacial score (nSPS) is 10.3. The highest BCUT2D eigenvalue weighted by atomic mass is 15.3. The number of aromatic nitrogens is 3. The fraction of sp³-hybridized carbons (Fsp3) is 0.400. The van der Waals surface area contributed by atoms with E-state index in [1.807, 2.05) is 6.07 Å². The standard InChI is InChI=1S/C15H21N5/c1-4-5-8-16-15-19-14(10-17-20-15)18-13-7-6-11(2)12(3)9-13/h6-7,9-10H,4-5,8H2,1-3H3,(H2,16,18,19,20). The molecule has 0 saturated heterocycles. The second-order valence-electron chi connectivity index (χ2n) is 4.87. The van der Waals surface area contributed by atoms with Gasteiger partial charge in [0.05, 0.1) is 6.20 Å². The van der Waals surface area contributed by atoms with Crippen LogP contribution in [-0.2, 0) is 0 Å². The summed E-state index contributed by atoms with van der Waals surface area (Å²) in [4.78, 5) is 4.40. The highest BCUT2D eigenvalue weighted by Crippen LogP contribution is 2.18. The minimum absolute atomic E-state index is 0.562. The van der Waals surface area contributed by atoms with Gasteiger partial charge in [0, 0.05) is 12.2 Å². The zero-order chi connectivity index (χ0) is 14.4. The van der Waals surface area contributed by atoms with E-state index in [0.29, 0.717) is 11.8 Å². The molecule has 0 aliphatic carbocycles. The molecule has 2 N–H and O–H groups in total. The Bertz CT molecular complexity index is 568. The maximum atomic E-state index is 4.40. The van der Waals surface area contributed by atoms with Crippen LogP contribution >= 0.6 is 0 Å². The summed E-state index contributed by atoms with van der Waals surface area (Å²) >= 11 is 0. The second-order valence-corrected chi connectivity index (χ2v) is 4.87. The van der Waals surface area contributed by atoms with Gasteiger partial charge in [-0.3, -0.25) is 0 Å². The fourth-order valence-electron chi connectivity index (χ4n) is 1.78. The topological polar surface area (TPSA) is 62.7 Å². The van der Waals surface area contributed by atoms with Crippen LogP contribution in [0.1, 0.15) is 30.9 Å². The monoisotopic (exact) mass is 271 g/mol. The third-order valence-corrected chi connectivity index (χ3v) is 3.15. The molecular formula is C15H21N5. The zero-order valence-electron chi connectivity index (χ0n) is 12.3. The lowest BCUT2D eigenvalue weighted by Gasteiger charge is -2.09. The smallest absolute Gasteiger partial charge is 0.244 e. The van der Waals surface area contributed by atoms with Crippen molar-refractivity contribution < 1.29 is 0 Å². The summed E-state index contributed by atoms with van der Waals surface area (Å²) in [7, 11) is 0. The molecule has 0 atom stereocenters. The lowest BCUT2D eigenvalue weighted by atomic mass is 10.1. The Morgan fingerprint density at radius 2 is 2.00 bits per heavy atom. The van der Waals surface area contributed by atoms with Crippen LogP contribution in [0.3, 0.4) is 0 Å². The maximum absolute atomic E-state index is 4.40. The summed E-state index contributed by atoms with van der Waals surface area (Å²) in [5, 5.41) is 14.4. The molecule has 20 heavy (non-hydrogen) atoms. The molecule has 2 rings (SSSR count). The van der Waals surface area contributed by atoms with E-state index in [1.54, 1.807) is 6.20 Å². The van der Waals surface area contributed by atoms with E-state index in [-0.39, 0.29) is 0 Å². The van der Waals surface area contributed by atoms with E-state index in [0.717, 1.165) is 25.1 Å². The minimum atomic E-state index is 0.562. The van der Waals surface area contributed by atoms with Gasteiger partial charge in [-0.05, 0) is 43.5 Å². The number of rotatable bonds is 6. The zero-order valence-corrected chi connectivity index (χ0v) is 12.3. The van der Waals surface area contributed by atoms with E-state index < -0.39 is 0 Å². The van der Waals surface area contributed by atoms with Crippen LogP contribution in [0.2, 0.25) is 0 Å². The van der Waals surface area contributed by atoms with Crippen molar-refractivity contribution in [1.82, 2.24) is 15.2 Å². The van der Waals surface area contributed by atoms with Gasteiger partial charge in [-0.1, -0.05) is 19.4 Å². The van der Waals surface area contributed by atoms with Crippen molar-refractivity contribution in [3.8, 4) is 0 Å². The average molecular weight is 271 g/mol. The van der Waals surface area contributed by atoms with Crippen LogP contribution in [0.15, 0.2) is 24.4 Å². The Kier molecular flexibility index (Phi) is 4.87.